The van der Waals surface area contributed by atoms with Gasteiger partial charge < -0.3 is 25.4 Å². The fourth-order valence-electron chi connectivity index (χ4n) is 3.39. The van der Waals surface area contributed by atoms with Crippen molar-refractivity contribution in [1.29, 1.82) is 0 Å². The Morgan fingerprint density at radius 3 is 2.42 bits per heavy atom. The van der Waals surface area contributed by atoms with Gasteiger partial charge in [0.2, 0.25) is 11.8 Å². The molecule has 0 aromatic heterocycles. The van der Waals surface area contributed by atoms with E-state index >= 15 is 0 Å². The van der Waals surface area contributed by atoms with Crippen molar-refractivity contribution in [2.45, 2.75) is 51.8 Å². The topological polar surface area (TPSA) is 123 Å². The van der Waals surface area contributed by atoms with Gasteiger partial charge in [0.15, 0.2) is 0 Å². The SMILES string of the molecule is COC(=O)[C@H](CC1CCNC1=O)NC(=O)[C@H](CC(C)C)NC(=O)OCc1ccccc1. The molecule has 9 nitrogen and oxygen atoms in total. The van der Waals surface area contributed by atoms with Crippen molar-refractivity contribution in [2.75, 3.05) is 13.7 Å². The third kappa shape index (κ3) is 7.92. The quantitative estimate of drug-likeness (QED) is 0.481. The predicted octanol–water partition coefficient (Wildman–Crippen LogP) is 1.51. The number of ether oxygens (including phenoxy) is 2. The number of hydrogen-bond acceptors (Lipinski definition) is 6. The van der Waals surface area contributed by atoms with Gasteiger partial charge in [0.25, 0.3) is 0 Å². The van der Waals surface area contributed by atoms with E-state index in [2.05, 4.69) is 16.0 Å². The molecule has 1 aliphatic rings. The lowest BCUT2D eigenvalue weighted by molar-refractivity contribution is -0.146. The highest BCUT2D eigenvalue weighted by Gasteiger charge is 2.33. The van der Waals surface area contributed by atoms with E-state index in [1.165, 1.54) is 7.11 Å². The number of rotatable bonds is 10. The molecule has 31 heavy (non-hydrogen) atoms. The molecule has 1 aliphatic heterocycles. The Bertz CT molecular complexity index is 768. The summed E-state index contributed by atoms with van der Waals surface area (Å²) in [5, 5.41) is 7.92. The Labute approximate surface area is 182 Å². The lowest BCUT2D eigenvalue weighted by Crippen LogP contribution is -2.53. The summed E-state index contributed by atoms with van der Waals surface area (Å²) in [7, 11) is 1.22. The number of esters is 1. The van der Waals surface area contributed by atoms with Crippen molar-refractivity contribution in [1.82, 2.24) is 16.0 Å². The second-order valence-electron chi connectivity index (χ2n) is 7.98. The van der Waals surface area contributed by atoms with E-state index < -0.39 is 30.1 Å². The van der Waals surface area contributed by atoms with Gasteiger partial charge in [0.1, 0.15) is 18.7 Å². The van der Waals surface area contributed by atoms with E-state index in [9.17, 15) is 19.2 Å². The molecule has 1 heterocycles. The molecule has 1 aromatic carbocycles. The molecule has 0 aliphatic carbocycles. The largest absolute Gasteiger partial charge is 0.467 e. The molecule has 1 fully saturated rings. The fraction of sp³-hybridized carbons (Fsp3) is 0.545. The van der Waals surface area contributed by atoms with Crippen molar-refractivity contribution in [3.05, 3.63) is 35.9 Å². The van der Waals surface area contributed by atoms with Crippen LogP contribution in [0.15, 0.2) is 30.3 Å². The minimum absolute atomic E-state index is 0.0737. The first kappa shape index (κ1) is 24.2. The highest BCUT2D eigenvalue weighted by atomic mass is 16.5. The van der Waals surface area contributed by atoms with Crippen LogP contribution >= 0.6 is 0 Å². The zero-order chi connectivity index (χ0) is 22.8. The van der Waals surface area contributed by atoms with Gasteiger partial charge in [-0.05, 0) is 30.7 Å². The molecule has 0 spiro atoms. The summed E-state index contributed by atoms with van der Waals surface area (Å²) in [6, 6.07) is 7.31. The number of carbonyl (C=O) groups is 4. The first-order chi connectivity index (χ1) is 14.8. The molecule has 1 unspecified atom stereocenters. The average molecular weight is 434 g/mol. The lowest BCUT2D eigenvalue weighted by atomic mass is 9.97. The van der Waals surface area contributed by atoms with Crippen molar-refractivity contribution in [3.8, 4) is 0 Å². The van der Waals surface area contributed by atoms with Crippen molar-refractivity contribution >= 4 is 23.9 Å². The molecule has 0 bridgehead atoms. The van der Waals surface area contributed by atoms with Crippen LogP contribution in [0.2, 0.25) is 0 Å². The standard InChI is InChI=1S/C22H31N3O6/c1-14(2)11-17(25-22(29)31-13-15-7-5-4-6-8-15)20(27)24-18(21(28)30-3)12-16-9-10-23-19(16)26/h4-8,14,16-18H,9-13H2,1-3H3,(H,23,26)(H,24,27)(H,25,29)/t16?,17-,18-/m0/s1. The van der Waals surface area contributed by atoms with E-state index in [4.69, 9.17) is 9.47 Å². The van der Waals surface area contributed by atoms with Crippen LogP contribution in [-0.2, 0) is 30.5 Å². The smallest absolute Gasteiger partial charge is 0.408 e. The Hall–Kier alpha value is -3.10. The zero-order valence-corrected chi connectivity index (χ0v) is 18.2. The van der Waals surface area contributed by atoms with Gasteiger partial charge >= 0.3 is 12.1 Å². The summed E-state index contributed by atoms with van der Waals surface area (Å²) < 4.78 is 10.0. The van der Waals surface area contributed by atoms with Crippen molar-refractivity contribution < 1.29 is 28.7 Å². The first-order valence-electron chi connectivity index (χ1n) is 10.4. The third-order valence-electron chi connectivity index (χ3n) is 5.01. The van der Waals surface area contributed by atoms with Crippen LogP contribution < -0.4 is 16.0 Å². The number of methoxy groups -OCH3 is 1. The summed E-state index contributed by atoms with van der Waals surface area (Å²) in [5.41, 5.74) is 0.822. The van der Waals surface area contributed by atoms with Crippen LogP contribution in [0.25, 0.3) is 0 Å². The summed E-state index contributed by atoms with van der Waals surface area (Å²) >= 11 is 0. The van der Waals surface area contributed by atoms with Crippen LogP contribution in [0.5, 0.6) is 0 Å². The van der Waals surface area contributed by atoms with Crippen LogP contribution in [0, 0.1) is 11.8 Å². The van der Waals surface area contributed by atoms with Gasteiger partial charge in [0, 0.05) is 12.5 Å². The zero-order valence-electron chi connectivity index (χ0n) is 18.2. The average Bonchev–Trinajstić information content (AvgIpc) is 3.15. The van der Waals surface area contributed by atoms with Crippen LogP contribution in [0.1, 0.15) is 38.7 Å². The highest BCUT2D eigenvalue weighted by Crippen LogP contribution is 2.17. The Balaban J connectivity index is 1.99. The molecule has 3 N–H and O–H groups in total. The maximum Gasteiger partial charge on any atom is 0.408 e. The number of alkyl carbamates (subject to hydrolysis) is 1. The van der Waals surface area contributed by atoms with Gasteiger partial charge in [-0.25, -0.2) is 9.59 Å². The van der Waals surface area contributed by atoms with Crippen molar-refractivity contribution in [2.24, 2.45) is 11.8 Å². The van der Waals surface area contributed by atoms with Crippen LogP contribution in [-0.4, -0.2) is 49.6 Å². The number of nitrogens with one attached hydrogen (secondary N) is 3. The highest BCUT2D eigenvalue weighted by molar-refractivity contribution is 5.90. The molecular formula is C22H31N3O6. The molecule has 170 valence electrons. The molecule has 0 radical (unpaired) electrons. The van der Waals surface area contributed by atoms with Gasteiger partial charge in [-0.3, -0.25) is 9.59 Å². The summed E-state index contributed by atoms with van der Waals surface area (Å²) in [6.45, 7) is 4.44. The maximum atomic E-state index is 12.9. The molecule has 3 atom stereocenters. The Morgan fingerprint density at radius 2 is 1.84 bits per heavy atom. The first-order valence-corrected chi connectivity index (χ1v) is 10.4. The van der Waals surface area contributed by atoms with E-state index in [1.807, 2.05) is 44.2 Å². The molecule has 1 aromatic rings. The Kier molecular flexibility index (Phi) is 9.30. The van der Waals surface area contributed by atoms with Crippen molar-refractivity contribution in [3.63, 3.8) is 0 Å². The van der Waals surface area contributed by atoms with E-state index in [-0.39, 0.29) is 30.8 Å². The van der Waals surface area contributed by atoms with Crippen LogP contribution in [0.4, 0.5) is 4.79 Å². The molecule has 3 amide bonds. The molecule has 2 rings (SSSR count). The molecular weight excluding hydrogens is 402 g/mol. The minimum atomic E-state index is -0.983. The monoisotopic (exact) mass is 433 g/mol. The van der Waals surface area contributed by atoms with Gasteiger partial charge in [0.05, 0.1) is 7.11 Å². The summed E-state index contributed by atoms with van der Waals surface area (Å²) in [6.07, 6.45) is 0.345. The second-order valence-corrected chi connectivity index (χ2v) is 7.98. The summed E-state index contributed by atoms with van der Waals surface area (Å²) in [4.78, 5) is 49.2. The number of amides is 3. The molecule has 0 saturated carbocycles. The van der Waals surface area contributed by atoms with Gasteiger partial charge in [-0.15, -0.1) is 0 Å². The van der Waals surface area contributed by atoms with E-state index in [0.29, 0.717) is 19.4 Å². The lowest BCUT2D eigenvalue weighted by Gasteiger charge is -2.24. The van der Waals surface area contributed by atoms with Crippen LogP contribution in [0.3, 0.4) is 0 Å². The Morgan fingerprint density at radius 1 is 1.13 bits per heavy atom. The number of carbonyl (C=O) groups excluding carboxylic acids is 4. The minimum Gasteiger partial charge on any atom is -0.467 e. The molecule has 9 heteroatoms. The van der Waals surface area contributed by atoms with E-state index in [1.54, 1.807) is 0 Å². The molecule has 1 saturated heterocycles. The maximum absolute atomic E-state index is 12.9. The third-order valence-corrected chi connectivity index (χ3v) is 5.01. The summed E-state index contributed by atoms with van der Waals surface area (Å²) in [5.74, 6) is -1.59. The van der Waals surface area contributed by atoms with Gasteiger partial charge in [-0.1, -0.05) is 44.2 Å². The predicted molar refractivity (Wildman–Crippen MR) is 113 cm³/mol. The normalized spacial score (nSPS) is 17.4. The number of hydrogen-bond donors (Lipinski definition) is 3. The number of benzene rings is 1. The van der Waals surface area contributed by atoms with Gasteiger partial charge in [-0.2, -0.15) is 0 Å². The second kappa shape index (κ2) is 11.9. The van der Waals surface area contributed by atoms with E-state index in [0.717, 1.165) is 5.56 Å². The fourth-order valence-corrected chi connectivity index (χ4v) is 3.39.